The van der Waals surface area contributed by atoms with Crippen molar-refractivity contribution in [3.63, 3.8) is 0 Å². The predicted molar refractivity (Wildman–Crippen MR) is 190 cm³/mol. The Kier molecular flexibility index (Phi) is 12.7. The average molecular weight is 690 g/mol. The van der Waals surface area contributed by atoms with Gasteiger partial charge in [-0.1, -0.05) is 42.5 Å². The molecule has 2 aliphatic rings. The van der Waals surface area contributed by atoms with Crippen LogP contribution >= 0.6 is 11.3 Å². The molecule has 0 unspecified atom stereocenters. The summed E-state index contributed by atoms with van der Waals surface area (Å²) in [5, 5.41) is 3.48. The number of carbonyl (C=O) groups excluding carboxylic acids is 4. The van der Waals surface area contributed by atoms with Crippen molar-refractivity contribution >= 4 is 51.1 Å². The summed E-state index contributed by atoms with van der Waals surface area (Å²) < 4.78 is 6.80. The highest BCUT2D eigenvalue weighted by atomic mass is 32.1. The first-order valence-corrected chi connectivity index (χ1v) is 18.0. The van der Waals surface area contributed by atoms with E-state index in [-0.39, 0.29) is 42.8 Å². The van der Waals surface area contributed by atoms with E-state index in [1.54, 1.807) is 16.8 Å². The van der Waals surface area contributed by atoms with Crippen LogP contribution in [0.2, 0.25) is 0 Å². The molecule has 3 aromatic rings. The molecule has 2 aromatic carbocycles. The third kappa shape index (κ3) is 9.63. The zero-order valence-electron chi connectivity index (χ0n) is 28.1. The molecule has 0 radical (unpaired) electrons. The molecule has 2 fully saturated rings. The molecular formula is C36H47N7O5S. The van der Waals surface area contributed by atoms with E-state index in [0.717, 1.165) is 35.0 Å². The van der Waals surface area contributed by atoms with Crippen LogP contribution < -0.4 is 16.8 Å². The molecule has 49 heavy (non-hydrogen) atoms. The second-order valence-electron chi connectivity index (χ2n) is 12.8. The molecule has 12 nitrogen and oxygen atoms in total. The maximum Gasteiger partial charge on any atom is 0.410 e. The van der Waals surface area contributed by atoms with Crippen LogP contribution in [0, 0.1) is 5.92 Å². The van der Waals surface area contributed by atoms with Gasteiger partial charge in [0.2, 0.25) is 5.91 Å². The van der Waals surface area contributed by atoms with Crippen LogP contribution in [0.5, 0.6) is 0 Å². The highest BCUT2D eigenvalue weighted by Crippen LogP contribution is 2.30. The molecule has 262 valence electrons. The number of thiazole rings is 1. The number of carbonyl (C=O) groups is 4. The van der Waals surface area contributed by atoms with Gasteiger partial charge in [0.05, 0.1) is 28.8 Å². The molecule has 2 amide bonds. The molecule has 2 aliphatic heterocycles. The van der Waals surface area contributed by atoms with Gasteiger partial charge in [-0.05, 0) is 69.7 Å². The van der Waals surface area contributed by atoms with Gasteiger partial charge in [-0.15, -0.1) is 11.3 Å². The molecule has 2 saturated heterocycles. The summed E-state index contributed by atoms with van der Waals surface area (Å²) in [6.45, 7) is 1.69. The molecule has 0 saturated carbocycles. The number of rotatable bonds is 15. The van der Waals surface area contributed by atoms with E-state index in [9.17, 15) is 19.2 Å². The van der Waals surface area contributed by atoms with Crippen molar-refractivity contribution in [3.05, 3.63) is 65.2 Å². The van der Waals surface area contributed by atoms with E-state index >= 15 is 0 Å². The van der Waals surface area contributed by atoms with E-state index in [0.29, 0.717) is 50.3 Å². The number of hydrogen-bond donors (Lipinski definition) is 3. The molecule has 1 aromatic heterocycles. The standard InChI is InChI=1S/C36H47N7O5S/c1-39-28(17-16-24-11-4-2-5-12-24)34(46)43-23-26(48-36(47)42-19-8-3-9-20-42)22-29(43)30(44)21-25(13-10-18-40-35(37)38)32(45)33-41-27-14-6-7-15-31(27)49-33/h2,4-7,11-12,14-15,25-26,28-29,39H,3,8-10,13,16-23H2,1H3,(H4,37,38,40)/t25-,26-,28-,29+/m1/s1. The first kappa shape index (κ1) is 35.9. The minimum Gasteiger partial charge on any atom is -0.444 e. The minimum atomic E-state index is -0.845. The second kappa shape index (κ2) is 17.3. The number of para-hydroxylation sites is 1. The van der Waals surface area contributed by atoms with Crippen LogP contribution in [0.3, 0.4) is 0 Å². The summed E-state index contributed by atoms with van der Waals surface area (Å²) in [6.07, 6.45) is 3.99. The largest absolute Gasteiger partial charge is 0.444 e. The molecule has 4 atom stereocenters. The summed E-state index contributed by atoms with van der Waals surface area (Å²) in [5.41, 5.74) is 12.9. The number of fused-ring (bicyclic) bond motifs is 1. The van der Waals surface area contributed by atoms with Crippen molar-refractivity contribution < 1.29 is 23.9 Å². The van der Waals surface area contributed by atoms with Crippen LogP contribution in [0.1, 0.15) is 66.7 Å². The summed E-state index contributed by atoms with van der Waals surface area (Å²) >= 11 is 1.30. The zero-order chi connectivity index (χ0) is 34.8. The number of ketones is 2. The number of Topliss-reactive ketones (excluding diaryl/α,β-unsaturated/α-hetero) is 2. The van der Waals surface area contributed by atoms with E-state index in [1.807, 2.05) is 54.6 Å². The van der Waals surface area contributed by atoms with E-state index in [1.165, 1.54) is 11.3 Å². The van der Waals surface area contributed by atoms with E-state index in [4.69, 9.17) is 16.2 Å². The number of nitrogens with two attached hydrogens (primary N) is 2. The molecule has 0 spiro atoms. The van der Waals surface area contributed by atoms with Gasteiger partial charge < -0.3 is 31.3 Å². The highest BCUT2D eigenvalue weighted by Gasteiger charge is 2.44. The number of aromatic nitrogens is 1. The minimum absolute atomic E-state index is 0.0401. The third-order valence-electron chi connectivity index (χ3n) is 9.34. The Labute approximate surface area is 291 Å². The van der Waals surface area contributed by atoms with Crippen molar-refractivity contribution in [2.75, 3.05) is 33.2 Å². The van der Waals surface area contributed by atoms with Crippen molar-refractivity contribution in [2.45, 2.75) is 76.0 Å². The zero-order valence-corrected chi connectivity index (χ0v) is 28.9. The smallest absolute Gasteiger partial charge is 0.410 e. The normalized spacial score (nSPS) is 19.0. The van der Waals surface area contributed by atoms with Crippen LogP contribution in [-0.4, -0.2) is 95.7 Å². The number of hydrogen-bond acceptors (Lipinski definition) is 9. The third-order valence-corrected chi connectivity index (χ3v) is 10.4. The number of nitrogens with zero attached hydrogens (tertiary/aromatic N) is 4. The lowest BCUT2D eigenvalue weighted by molar-refractivity contribution is -0.139. The number of piperidine rings is 1. The van der Waals surface area contributed by atoms with Gasteiger partial charge in [-0.2, -0.15) is 0 Å². The summed E-state index contributed by atoms with van der Waals surface area (Å²) in [7, 11) is 1.73. The number of aliphatic imine (C=N–C) groups is 1. The Hall–Kier alpha value is -4.36. The first-order valence-electron chi connectivity index (χ1n) is 17.2. The molecule has 3 heterocycles. The Morgan fingerprint density at radius 2 is 1.76 bits per heavy atom. The van der Waals surface area contributed by atoms with Gasteiger partial charge in [0.15, 0.2) is 22.5 Å². The predicted octanol–water partition coefficient (Wildman–Crippen LogP) is 3.92. The highest BCUT2D eigenvalue weighted by molar-refractivity contribution is 7.20. The number of guanidine groups is 1. The average Bonchev–Trinajstić information content (AvgIpc) is 3.75. The number of ether oxygens (including phenoxy) is 1. The molecule has 5 rings (SSSR count). The Bertz CT molecular complexity index is 1590. The van der Waals surface area contributed by atoms with Crippen LogP contribution in [0.15, 0.2) is 59.6 Å². The second-order valence-corrected chi connectivity index (χ2v) is 13.9. The number of benzene rings is 2. The topological polar surface area (TPSA) is 173 Å². The fraction of sp³-hybridized carbons (Fsp3) is 0.500. The number of nitrogens with one attached hydrogen (secondary N) is 1. The molecular weight excluding hydrogens is 643 g/mol. The van der Waals surface area contributed by atoms with Crippen molar-refractivity contribution in [2.24, 2.45) is 22.4 Å². The molecule has 0 aliphatic carbocycles. The monoisotopic (exact) mass is 689 g/mol. The molecule has 0 bridgehead atoms. The fourth-order valence-electron chi connectivity index (χ4n) is 6.68. The number of likely N-dealkylation sites (tertiary alicyclic amines) is 2. The van der Waals surface area contributed by atoms with Gasteiger partial charge in [-0.25, -0.2) is 9.78 Å². The van der Waals surface area contributed by atoms with Gasteiger partial charge in [0, 0.05) is 38.4 Å². The van der Waals surface area contributed by atoms with E-state index < -0.39 is 30.2 Å². The van der Waals surface area contributed by atoms with Crippen LogP contribution in [0.25, 0.3) is 10.2 Å². The lowest BCUT2D eigenvalue weighted by atomic mass is 9.89. The molecule has 13 heteroatoms. The lowest BCUT2D eigenvalue weighted by Gasteiger charge is -2.29. The number of aryl methyl sites for hydroxylation is 1. The quantitative estimate of drug-likeness (QED) is 0.0925. The van der Waals surface area contributed by atoms with Crippen molar-refractivity contribution in [3.8, 4) is 0 Å². The number of amides is 2. The number of likely N-dealkylation sites (N-methyl/N-ethyl adjacent to an activating group) is 1. The summed E-state index contributed by atoms with van der Waals surface area (Å²) in [4.78, 5) is 67.2. The summed E-state index contributed by atoms with van der Waals surface area (Å²) in [5.74, 6) is -1.42. The summed E-state index contributed by atoms with van der Waals surface area (Å²) in [6, 6.07) is 16.0. The van der Waals surface area contributed by atoms with Crippen LogP contribution in [-0.2, 0) is 20.7 Å². The van der Waals surface area contributed by atoms with Gasteiger partial charge >= 0.3 is 6.09 Å². The maximum absolute atomic E-state index is 14.2. The maximum atomic E-state index is 14.2. The molecule has 5 N–H and O–H groups in total. The van der Waals surface area contributed by atoms with Crippen molar-refractivity contribution in [1.29, 1.82) is 0 Å². The Morgan fingerprint density at radius 3 is 2.47 bits per heavy atom. The lowest BCUT2D eigenvalue weighted by Crippen LogP contribution is -2.50. The van der Waals surface area contributed by atoms with Gasteiger partial charge in [0.25, 0.3) is 0 Å². The SMILES string of the molecule is CN[C@H](CCc1ccccc1)C(=O)N1C[C@H](OC(=O)N2CCCCC2)C[C@H]1C(=O)C[C@@H](CCCN=C(N)N)C(=O)c1nc2ccccc2s1. The fourth-order valence-corrected chi connectivity index (χ4v) is 7.66. The Morgan fingerprint density at radius 1 is 1.02 bits per heavy atom. The van der Waals surface area contributed by atoms with Gasteiger partial charge in [0.1, 0.15) is 6.10 Å². The van der Waals surface area contributed by atoms with Crippen LogP contribution in [0.4, 0.5) is 4.79 Å². The first-order chi connectivity index (χ1) is 23.7. The Balaban J connectivity index is 1.35. The van der Waals surface area contributed by atoms with Gasteiger partial charge in [-0.3, -0.25) is 19.4 Å². The van der Waals surface area contributed by atoms with E-state index in [2.05, 4.69) is 15.3 Å². The van der Waals surface area contributed by atoms with Crippen molar-refractivity contribution in [1.82, 2.24) is 20.1 Å².